The fraction of sp³-hybridized carbons (Fsp3) is 0.526. The standard InChI is InChI=1S/C19H25N5O2/c1-13(25)23-10-4-3-7-16(23)15-8-9-17(22(15)2)19(26)24-11-5-6-14-18(24)12-20-21-14/h8-9,12,16H,3-7,10-11H2,1-2H3,(H,20,21). The number of piperidine rings is 1. The van der Waals surface area contributed by atoms with Gasteiger partial charge in [-0.15, -0.1) is 0 Å². The highest BCUT2D eigenvalue weighted by Gasteiger charge is 2.31. The third-order valence-electron chi connectivity index (χ3n) is 5.67. The number of hydrogen-bond donors (Lipinski definition) is 1. The number of aromatic nitrogens is 3. The Morgan fingerprint density at radius 3 is 2.85 bits per heavy atom. The zero-order valence-corrected chi connectivity index (χ0v) is 15.4. The van der Waals surface area contributed by atoms with Crippen LogP contribution in [0.25, 0.3) is 0 Å². The predicted molar refractivity (Wildman–Crippen MR) is 98.0 cm³/mol. The van der Waals surface area contributed by atoms with Gasteiger partial charge in [0.25, 0.3) is 5.91 Å². The van der Waals surface area contributed by atoms with E-state index >= 15 is 0 Å². The van der Waals surface area contributed by atoms with Crippen LogP contribution < -0.4 is 4.90 Å². The molecule has 0 spiro atoms. The molecule has 7 nitrogen and oxygen atoms in total. The highest BCUT2D eigenvalue weighted by atomic mass is 16.2. The van der Waals surface area contributed by atoms with Gasteiger partial charge < -0.3 is 14.4 Å². The molecule has 1 N–H and O–H groups in total. The number of likely N-dealkylation sites (tertiary alicyclic amines) is 1. The summed E-state index contributed by atoms with van der Waals surface area (Å²) in [5, 5.41) is 7.08. The summed E-state index contributed by atoms with van der Waals surface area (Å²) in [7, 11) is 1.93. The summed E-state index contributed by atoms with van der Waals surface area (Å²) >= 11 is 0. The van der Waals surface area contributed by atoms with Crippen molar-refractivity contribution < 1.29 is 9.59 Å². The van der Waals surface area contributed by atoms with Crippen LogP contribution in [0.15, 0.2) is 18.3 Å². The van der Waals surface area contributed by atoms with E-state index in [-0.39, 0.29) is 17.9 Å². The molecule has 2 amide bonds. The molecule has 0 saturated carbocycles. The van der Waals surface area contributed by atoms with Crippen LogP contribution in [-0.4, -0.2) is 44.6 Å². The third-order valence-corrected chi connectivity index (χ3v) is 5.67. The number of carbonyl (C=O) groups is 2. The Balaban J connectivity index is 1.64. The van der Waals surface area contributed by atoms with Crippen LogP contribution in [-0.2, 0) is 18.3 Å². The van der Waals surface area contributed by atoms with Gasteiger partial charge in [-0.05, 0) is 44.2 Å². The normalized spacial score (nSPS) is 20.2. The van der Waals surface area contributed by atoms with Crippen LogP contribution in [0, 0.1) is 0 Å². The molecule has 2 aromatic rings. The monoisotopic (exact) mass is 355 g/mol. The minimum Gasteiger partial charge on any atom is -0.342 e. The molecule has 0 aromatic carbocycles. The number of carbonyl (C=O) groups excluding carboxylic acids is 2. The second-order valence-electron chi connectivity index (χ2n) is 7.22. The lowest BCUT2D eigenvalue weighted by atomic mass is 9.99. The van der Waals surface area contributed by atoms with Gasteiger partial charge in [-0.3, -0.25) is 14.7 Å². The van der Waals surface area contributed by atoms with Crippen molar-refractivity contribution in [3.05, 3.63) is 35.4 Å². The minimum atomic E-state index is -0.00807. The Morgan fingerprint density at radius 1 is 1.19 bits per heavy atom. The third kappa shape index (κ3) is 2.71. The molecular formula is C19H25N5O2. The highest BCUT2D eigenvalue weighted by Crippen LogP contribution is 2.33. The van der Waals surface area contributed by atoms with E-state index in [0.717, 1.165) is 55.7 Å². The quantitative estimate of drug-likeness (QED) is 0.899. The Bertz CT molecular complexity index is 837. The van der Waals surface area contributed by atoms with Crippen molar-refractivity contribution in [1.82, 2.24) is 19.7 Å². The van der Waals surface area contributed by atoms with Gasteiger partial charge in [0.2, 0.25) is 5.91 Å². The van der Waals surface area contributed by atoms with Crippen molar-refractivity contribution in [2.45, 2.75) is 45.1 Å². The van der Waals surface area contributed by atoms with Crippen LogP contribution in [0.5, 0.6) is 0 Å². The number of hydrogen-bond acceptors (Lipinski definition) is 3. The molecule has 2 aliphatic rings. The number of aromatic amines is 1. The van der Waals surface area contributed by atoms with Gasteiger partial charge in [0, 0.05) is 32.8 Å². The van der Waals surface area contributed by atoms with E-state index in [1.165, 1.54) is 0 Å². The smallest absolute Gasteiger partial charge is 0.274 e. The molecule has 4 heterocycles. The van der Waals surface area contributed by atoms with Gasteiger partial charge in [-0.1, -0.05) is 0 Å². The fourth-order valence-electron chi connectivity index (χ4n) is 4.30. The van der Waals surface area contributed by atoms with Crippen molar-refractivity contribution in [3.8, 4) is 0 Å². The SMILES string of the molecule is CC(=O)N1CCCCC1c1ccc(C(=O)N2CCCc3[nH]ncc32)n1C. The Labute approximate surface area is 153 Å². The van der Waals surface area contributed by atoms with Crippen molar-refractivity contribution in [2.75, 3.05) is 18.0 Å². The molecule has 138 valence electrons. The topological polar surface area (TPSA) is 74.2 Å². The molecule has 0 radical (unpaired) electrons. The summed E-state index contributed by atoms with van der Waals surface area (Å²) in [5.41, 5.74) is 3.59. The average molecular weight is 355 g/mol. The number of amides is 2. The first kappa shape index (κ1) is 16.9. The molecule has 4 rings (SSSR count). The van der Waals surface area contributed by atoms with Gasteiger partial charge in [0.05, 0.1) is 23.6 Å². The van der Waals surface area contributed by atoms with E-state index in [2.05, 4.69) is 10.2 Å². The number of aryl methyl sites for hydroxylation is 1. The van der Waals surface area contributed by atoms with Crippen molar-refractivity contribution in [1.29, 1.82) is 0 Å². The number of nitrogens with one attached hydrogen (secondary N) is 1. The summed E-state index contributed by atoms with van der Waals surface area (Å²) in [6, 6.07) is 3.94. The molecule has 7 heteroatoms. The summed E-state index contributed by atoms with van der Waals surface area (Å²) < 4.78 is 1.96. The molecule has 0 bridgehead atoms. The van der Waals surface area contributed by atoms with E-state index in [1.54, 1.807) is 13.1 Å². The first-order chi connectivity index (χ1) is 12.6. The van der Waals surface area contributed by atoms with Crippen molar-refractivity contribution in [3.63, 3.8) is 0 Å². The zero-order chi connectivity index (χ0) is 18.3. The van der Waals surface area contributed by atoms with Gasteiger partial charge in [0.15, 0.2) is 0 Å². The second kappa shape index (κ2) is 6.63. The lowest BCUT2D eigenvalue weighted by Gasteiger charge is -2.35. The maximum Gasteiger partial charge on any atom is 0.274 e. The molecule has 26 heavy (non-hydrogen) atoms. The van der Waals surface area contributed by atoms with Gasteiger partial charge in [0.1, 0.15) is 5.69 Å². The van der Waals surface area contributed by atoms with Gasteiger partial charge >= 0.3 is 0 Å². The summed E-state index contributed by atoms with van der Waals surface area (Å²) in [4.78, 5) is 28.9. The number of anilines is 1. The van der Waals surface area contributed by atoms with E-state index in [1.807, 2.05) is 33.5 Å². The molecular weight excluding hydrogens is 330 g/mol. The van der Waals surface area contributed by atoms with E-state index < -0.39 is 0 Å². The van der Waals surface area contributed by atoms with Crippen molar-refractivity contribution >= 4 is 17.5 Å². The van der Waals surface area contributed by atoms with E-state index in [0.29, 0.717) is 12.2 Å². The van der Waals surface area contributed by atoms with Gasteiger partial charge in [-0.25, -0.2) is 0 Å². The lowest BCUT2D eigenvalue weighted by molar-refractivity contribution is -0.132. The second-order valence-corrected chi connectivity index (χ2v) is 7.22. The maximum atomic E-state index is 13.2. The number of nitrogens with zero attached hydrogens (tertiary/aromatic N) is 4. The summed E-state index contributed by atoms with van der Waals surface area (Å²) in [5.74, 6) is 0.0918. The van der Waals surface area contributed by atoms with Crippen LogP contribution in [0.2, 0.25) is 0 Å². The summed E-state index contributed by atoms with van der Waals surface area (Å²) in [6.45, 7) is 3.12. The Kier molecular flexibility index (Phi) is 4.30. The summed E-state index contributed by atoms with van der Waals surface area (Å²) in [6.07, 6.45) is 6.68. The number of rotatable bonds is 2. The molecule has 2 aromatic heterocycles. The van der Waals surface area contributed by atoms with Crippen LogP contribution >= 0.6 is 0 Å². The maximum absolute atomic E-state index is 13.2. The van der Waals surface area contributed by atoms with Crippen LogP contribution in [0.1, 0.15) is 60.5 Å². The Morgan fingerprint density at radius 2 is 2.04 bits per heavy atom. The molecule has 1 unspecified atom stereocenters. The van der Waals surface area contributed by atoms with Crippen molar-refractivity contribution in [2.24, 2.45) is 7.05 Å². The van der Waals surface area contributed by atoms with Crippen LogP contribution in [0.4, 0.5) is 5.69 Å². The van der Waals surface area contributed by atoms with E-state index in [4.69, 9.17) is 0 Å². The highest BCUT2D eigenvalue weighted by molar-refractivity contribution is 6.05. The fourth-order valence-corrected chi connectivity index (χ4v) is 4.30. The molecule has 2 aliphatic heterocycles. The minimum absolute atomic E-state index is 0.00807. The molecule has 1 atom stereocenters. The van der Waals surface area contributed by atoms with E-state index in [9.17, 15) is 9.59 Å². The lowest BCUT2D eigenvalue weighted by Crippen LogP contribution is -2.38. The predicted octanol–water partition coefficient (Wildman–Crippen LogP) is 2.41. The molecule has 1 saturated heterocycles. The van der Waals surface area contributed by atoms with Crippen LogP contribution in [0.3, 0.4) is 0 Å². The first-order valence-corrected chi connectivity index (χ1v) is 9.35. The van der Waals surface area contributed by atoms with Gasteiger partial charge in [-0.2, -0.15) is 5.10 Å². The molecule has 0 aliphatic carbocycles. The average Bonchev–Trinajstić information content (AvgIpc) is 3.27. The zero-order valence-electron chi connectivity index (χ0n) is 15.4. The Hall–Kier alpha value is -2.57. The number of H-pyrrole nitrogens is 1. The first-order valence-electron chi connectivity index (χ1n) is 9.35. The largest absolute Gasteiger partial charge is 0.342 e. The molecule has 1 fully saturated rings. The number of fused-ring (bicyclic) bond motifs is 1.